The molecule has 0 aliphatic heterocycles. The highest BCUT2D eigenvalue weighted by Gasteiger charge is 2.13. The summed E-state index contributed by atoms with van der Waals surface area (Å²) in [7, 11) is 0. The largest absolute Gasteiger partial charge is 0.477 e. The summed E-state index contributed by atoms with van der Waals surface area (Å²) in [4.78, 5) is 23.0. The molecule has 1 heterocycles. The predicted molar refractivity (Wildman–Crippen MR) is 75.8 cm³/mol. The molecule has 5 nitrogen and oxygen atoms in total. The van der Waals surface area contributed by atoms with Crippen molar-refractivity contribution < 1.29 is 9.90 Å². The summed E-state index contributed by atoms with van der Waals surface area (Å²) in [6, 6.07) is 6.17. The third-order valence-electron chi connectivity index (χ3n) is 2.64. The Labute approximate surface area is 124 Å². The van der Waals surface area contributed by atoms with Crippen molar-refractivity contribution in [1.29, 1.82) is 0 Å². The molecule has 1 aromatic heterocycles. The molecule has 104 valence electrons. The first-order chi connectivity index (χ1) is 9.38. The summed E-state index contributed by atoms with van der Waals surface area (Å²) in [6.45, 7) is 1.74. The molecule has 0 aliphatic carbocycles. The third-order valence-corrected chi connectivity index (χ3v) is 3.38. The van der Waals surface area contributed by atoms with E-state index in [1.54, 1.807) is 25.1 Å². The fourth-order valence-corrected chi connectivity index (χ4v) is 2.07. The summed E-state index contributed by atoms with van der Waals surface area (Å²) in [5.74, 6) is -1.27. The Hall–Kier alpha value is -1.85. The van der Waals surface area contributed by atoms with Gasteiger partial charge in [-0.05, 0) is 30.7 Å². The summed E-state index contributed by atoms with van der Waals surface area (Å²) < 4.78 is 1.10. The molecule has 0 radical (unpaired) electrons. The number of aromatic nitrogens is 2. The van der Waals surface area contributed by atoms with E-state index in [9.17, 15) is 9.59 Å². The van der Waals surface area contributed by atoms with Crippen LogP contribution >= 0.6 is 23.2 Å². The van der Waals surface area contributed by atoms with Crippen molar-refractivity contribution in [3.8, 4) is 0 Å². The van der Waals surface area contributed by atoms with Crippen LogP contribution < -0.4 is 5.56 Å². The van der Waals surface area contributed by atoms with Gasteiger partial charge < -0.3 is 5.11 Å². The van der Waals surface area contributed by atoms with E-state index in [1.807, 2.05) is 0 Å². The summed E-state index contributed by atoms with van der Waals surface area (Å²) in [5.41, 5.74) is 0.185. The molecule has 0 spiro atoms. The third kappa shape index (κ3) is 3.00. The lowest BCUT2D eigenvalue weighted by atomic mass is 10.2. The summed E-state index contributed by atoms with van der Waals surface area (Å²) in [5, 5.41) is 13.8. The lowest BCUT2D eigenvalue weighted by Crippen LogP contribution is -2.29. The second-order valence-electron chi connectivity index (χ2n) is 4.22. The van der Waals surface area contributed by atoms with Crippen LogP contribution in [0.3, 0.4) is 0 Å². The number of carboxylic acids is 1. The number of carbonyl (C=O) groups is 1. The molecule has 0 fully saturated rings. The Morgan fingerprint density at radius 2 is 2.00 bits per heavy atom. The molecule has 20 heavy (non-hydrogen) atoms. The quantitative estimate of drug-likeness (QED) is 0.945. The fraction of sp³-hybridized carbons (Fsp3) is 0.154. The first-order valence-electron chi connectivity index (χ1n) is 5.64. The van der Waals surface area contributed by atoms with Crippen LogP contribution in [0.1, 0.15) is 21.6 Å². The molecule has 0 atom stereocenters. The molecule has 0 bridgehead atoms. The molecule has 0 unspecified atom stereocenters. The number of aromatic carboxylic acids is 1. The summed E-state index contributed by atoms with van der Waals surface area (Å²) >= 11 is 11.7. The predicted octanol–water partition coefficient (Wildman–Crippen LogP) is 2.61. The monoisotopic (exact) mass is 312 g/mol. The Morgan fingerprint density at radius 1 is 1.30 bits per heavy atom. The van der Waals surface area contributed by atoms with Gasteiger partial charge in [0.1, 0.15) is 5.56 Å². The van der Waals surface area contributed by atoms with Gasteiger partial charge in [-0.2, -0.15) is 5.10 Å². The number of aryl methyl sites for hydroxylation is 1. The van der Waals surface area contributed by atoms with Crippen molar-refractivity contribution in [2.45, 2.75) is 13.5 Å². The van der Waals surface area contributed by atoms with Crippen LogP contribution in [0, 0.1) is 6.92 Å². The average Bonchev–Trinajstić information content (AvgIpc) is 2.37. The molecule has 2 rings (SSSR count). The van der Waals surface area contributed by atoms with E-state index < -0.39 is 11.5 Å². The number of hydrogen-bond acceptors (Lipinski definition) is 3. The van der Waals surface area contributed by atoms with Gasteiger partial charge in [0.25, 0.3) is 5.56 Å². The number of benzene rings is 1. The molecule has 0 amide bonds. The van der Waals surface area contributed by atoms with Gasteiger partial charge in [-0.25, -0.2) is 9.48 Å². The molecule has 0 saturated carbocycles. The standard InChI is InChI=1S/C13H10Cl2N2O3/c1-7-4-9(13(19)20)12(18)17(16-7)6-8-2-3-10(14)11(15)5-8/h2-5H,6H2,1H3,(H,19,20). The van der Waals surface area contributed by atoms with Crippen LogP contribution in [0.15, 0.2) is 29.1 Å². The van der Waals surface area contributed by atoms with Crippen LogP contribution in [-0.4, -0.2) is 20.9 Å². The van der Waals surface area contributed by atoms with E-state index in [-0.39, 0.29) is 12.1 Å². The Bertz CT molecular complexity index is 741. The van der Waals surface area contributed by atoms with Crippen molar-refractivity contribution >= 4 is 29.2 Å². The van der Waals surface area contributed by atoms with Gasteiger partial charge in [0, 0.05) is 0 Å². The molecule has 1 N–H and O–H groups in total. The van der Waals surface area contributed by atoms with Gasteiger partial charge in [-0.15, -0.1) is 0 Å². The second kappa shape index (κ2) is 5.64. The van der Waals surface area contributed by atoms with Crippen molar-refractivity contribution in [2.24, 2.45) is 0 Å². The Kier molecular flexibility index (Phi) is 4.11. The van der Waals surface area contributed by atoms with Gasteiger partial charge in [-0.1, -0.05) is 29.3 Å². The van der Waals surface area contributed by atoms with E-state index in [2.05, 4.69) is 5.10 Å². The molecule has 0 saturated heterocycles. The van der Waals surface area contributed by atoms with Gasteiger partial charge in [0.15, 0.2) is 0 Å². The molecule has 0 aliphatic rings. The Balaban J connectivity index is 2.45. The molecular weight excluding hydrogens is 303 g/mol. The highest BCUT2D eigenvalue weighted by Crippen LogP contribution is 2.22. The molecular formula is C13H10Cl2N2O3. The average molecular weight is 313 g/mol. The molecule has 2 aromatic rings. The number of hydrogen-bond donors (Lipinski definition) is 1. The zero-order chi connectivity index (χ0) is 14.9. The van der Waals surface area contributed by atoms with Gasteiger partial charge in [0.05, 0.1) is 22.3 Å². The van der Waals surface area contributed by atoms with Crippen molar-refractivity contribution in [3.63, 3.8) is 0 Å². The Morgan fingerprint density at radius 3 is 2.60 bits per heavy atom. The lowest BCUT2D eigenvalue weighted by Gasteiger charge is -2.08. The molecule has 7 heteroatoms. The van der Waals surface area contributed by atoms with Gasteiger partial charge in [-0.3, -0.25) is 4.79 Å². The zero-order valence-electron chi connectivity index (χ0n) is 10.4. The highest BCUT2D eigenvalue weighted by molar-refractivity contribution is 6.42. The first-order valence-corrected chi connectivity index (χ1v) is 6.40. The van der Waals surface area contributed by atoms with Gasteiger partial charge >= 0.3 is 5.97 Å². The van der Waals surface area contributed by atoms with Crippen LogP contribution in [0.2, 0.25) is 10.0 Å². The topological polar surface area (TPSA) is 72.2 Å². The minimum Gasteiger partial charge on any atom is -0.477 e. The lowest BCUT2D eigenvalue weighted by molar-refractivity contribution is 0.0693. The van der Waals surface area contributed by atoms with Crippen molar-refractivity contribution in [2.75, 3.05) is 0 Å². The van der Waals surface area contributed by atoms with Crippen LogP contribution in [0.5, 0.6) is 0 Å². The highest BCUT2D eigenvalue weighted by atomic mass is 35.5. The van der Waals surface area contributed by atoms with E-state index in [0.717, 1.165) is 4.68 Å². The van der Waals surface area contributed by atoms with E-state index >= 15 is 0 Å². The maximum absolute atomic E-state index is 12.0. The number of halogens is 2. The minimum atomic E-state index is -1.27. The number of nitrogens with zero attached hydrogens (tertiary/aromatic N) is 2. The number of rotatable bonds is 3. The van der Waals surface area contributed by atoms with Crippen LogP contribution in [0.25, 0.3) is 0 Å². The second-order valence-corrected chi connectivity index (χ2v) is 5.03. The van der Waals surface area contributed by atoms with Crippen molar-refractivity contribution in [3.05, 3.63) is 61.5 Å². The maximum atomic E-state index is 12.0. The molecule has 1 aromatic carbocycles. The van der Waals surface area contributed by atoms with E-state index in [1.165, 1.54) is 6.07 Å². The minimum absolute atomic E-state index is 0.123. The maximum Gasteiger partial charge on any atom is 0.341 e. The van der Waals surface area contributed by atoms with E-state index in [0.29, 0.717) is 21.3 Å². The normalized spacial score (nSPS) is 10.6. The van der Waals surface area contributed by atoms with Crippen molar-refractivity contribution in [1.82, 2.24) is 9.78 Å². The van der Waals surface area contributed by atoms with Crippen LogP contribution in [-0.2, 0) is 6.54 Å². The zero-order valence-corrected chi connectivity index (χ0v) is 11.9. The number of carboxylic acid groups (broad SMARTS) is 1. The smallest absolute Gasteiger partial charge is 0.341 e. The summed E-state index contributed by atoms with van der Waals surface area (Å²) in [6.07, 6.45) is 0. The van der Waals surface area contributed by atoms with Gasteiger partial charge in [0.2, 0.25) is 0 Å². The van der Waals surface area contributed by atoms with Crippen LogP contribution in [0.4, 0.5) is 0 Å². The first kappa shape index (κ1) is 14.6. The fourth-order valence-electron chi connectivity index (χ4n) is 1.75. The SMILES string of the molecule is Cc1cc(C(=O)O)c(=O)n(Cc2ccc(Cl)c(Cl)c2)n1. The van der Waals surface area contributed by atoms with E-state index in [4.69, 9.17) is 28.3 Å².